The summed E-state index contributed by atoms with van der Waals surface area (Å²) in [6.07, 6.45) is 5.33. The van der Waals surface area contributed by atoms with Crippen LogP contribution < -0.4 is 16.4 Å². The van der Waals surface area contributed by atoms with E-state index in [0.717, 1.165) is 19.3 Å². The fourth-order valence-electron chi connectivity index (χ4n) is 3.34. The van der Waals surface area contributed by atoms with E-state index in [1.165, 1.54) is 12.8 Å². The van der Waals surface area contributed by atoms with Crippen molar-refractivity contribution in [1.29, 1.82) is 0 Å². The number of hydrogen-bond donors (Lipinski definition) is 4. The Balaban J connectivity index is 1.87. The first kappa shape index (κ1) is 15.8. The molecule has 2 amide bonds. The molecule has 2 fully saturated rings. The number of amides is 2. The highest BCUT2D eigenvalue weighted by Crippen LogP contribution is 2.33. The first-order valence-corrected chi connectivity index (χ1v) is 7.55. The first-order chi connectivity index (χ1) is 9.97. The van der Waals surface area contributed by atoms with Crippen molar-refractivity contribution >= 4 is 17.8 Å². The number of carbonyl (C=O) groups is 3. The largest absolute Gasteiger partial charge is 0.480 e. The zero-order chi connectivity index (χ0) is 15.4. The van der Waals surface area contributed by atoms with Gasteiger partial charge in [0.25, 0.3) is 0 Å². The molecule has 5 N–H and O–H groups in total. The normalized spacial score (nSPS) is 29.4. The standard InChI is InChI=1S/C14H23N3O4/c15-12(18)6-5-10(14(20)21)17-13(19)11-7-8-3-1-2-4-9(8)16-11/h8-11,16H,1-7H2,(H2,15,18)(H,17,19)(H,20,21). The van der Waals surface area contributed by atoms with Crippen LogP contribution >= 0.6 is 0 Å². The van der Waals surface area contributed by atoms with E-state index in [2.05, 4.69) is 10.6 Å². The lowest BCUT2D eigenvalue weighted by molar-refractivity contribution is -0.142. The molecule has 0 radical (unpaired) electrons. The molecule has 1 saturated heterocycles. The fourth-order valence-corrected chi connectivity index (χ4v) is 3.34. The summed E-state index contributed by atoms with van der Waals surface area (Å²) < 4.78 is 0. The van der Waals surface area contributed by atoms with E-state index in [-0.39, 0.29) is 24.8 Å². The van der Waals surface area contributed by atoms with E-state index in [0.29, 0.717) is 12.0 Å². The van der Waals surface area contributed by atoms with Crippen LogP contribution in [0.5, 0.6) is 0 Å². The smallest absolute Gasteiger partial charge is 0.326 e. The van der Waals surface area contributed by atoms with Gasteiger partial charge in [-0.15, -0.1) is 0 Å². The average molecular weight is 297 g/mol. The Morgan fingerprint density at radius 3 is 2.62 bits per heavy atom. The maximum Gasteiger partial charge on any atom is 0.326 e. The Hall–Kier alpha value is -1.63. The van der Waals surface area contributed by atoms with E-state index in [1.807, 2.05) is 0 Å². The van der Waals surface area contributed by atoms with E-state index in [9.17, 15) is 14.4 Å². The van der Waals surface area contributed by atoms with Gasteiger partial charge in [0.05, 0.1) is 6.04 Å². The van der Waals surface area contributed by atoms with E-state index < -0.39 is 17.9 Å². The van der Waals surface area contributed by atoms with Crippen molar-refractivity contribution < 1.29 is 19.5 Å². The highest BCUT2D eigenvalue weighted by molar-refractivity contribution is 5.87. The van der Waals surface area contributed by atoms with Gasteiger partial charge in [0.2, 0.25) is 11.8 Å². The topological polar surface area (TPSA) is 122 Å². The molecule has 21 heavy (non-hydrogen) atoms. The molecule has 2 rings (SSSR count). The van der Waals surface area contributed by atoms with Gasteiger partial charge < -0.3 is 21.5 Å². The second-order valence-corrected chi connectivity index (χ2v) is 6.01. The van der Waals surface area contributed by atoms with Gasteiger partial charge in [-0.1, -0.05) is 12.8 Å². The third-order valence-corrected chi connectivity index (χ3v) is 4.47. The van der Waals surface area contributed by atoms with Gasteiger partial charge in [-0.3, -0.25) is 9.59 Å². The van der Waals surface area contributed by atoms with E-state index in [4.69, 9.17) is 10.8 Å². The van der Waals surface area contributed by atoms with Gasteiger partial charge in [0.1, 0.15) is 6.04 Å². The molecule has 7 heteroatoms. The summed E-state index contributed by atoms with van der Waals surface area (Å²) in [5, 5.41) is 14.9. The number of carboxylic acid groups (broad SMARTS) is 1. The molecule has 0 aromatic rings. The van der Waals surface area contributed by atoms with Crippen LogP contribution in [0.4, 0.5) is 0 Å². The Kier molecular flexibility index (Phi) is 5.17. The number of aliphatic carboxylic acids is 1. The summed E-state index contributed by atoms with van der Waals surface area (Å²) in [4.78, 5) is 34.1. The number of fused-ring (bicyclic) bond motifs is 1. The Labute approximate surface area is 123 Å². The average Bonchev–Trinajstić information content (AvgIpc) is 2.86. The summed E-state index contributed by atoms with van der Waals surface area (Å²) in [7, 11) is 0. The molecular weight excluding hydrogens is 274 g/mol. The molecule has 4 atom stereocenters. The van der Waals surface area contributed by atoms with E-state index >= 15 is 0 Å². The van der Waals surface area contributed by atoms with Crippen LogP contribution in [0.1, 0.15) is 44.9 Å². The second kappa shape index (κ2) is 6.89. The minimum atomic E-state index is -1.14. The lowest BCUT2D eigenvalue weighted by Crippen LogP contribution is -2.49. The van der Waals surface area contributed by atoms with Crippen LogP contribution in [-0.2, 0) is 14.4 Å². The summed E-state index contributed by atoms with van der Waals surface area (Å²) >= 11 is 0. The van der Waals surface area contributed by atoms with Gasteiger partial charge >= 0.3 is 5.97 Å². The molecule has 1 saturated carbocycles. The molecular formula is C14H23N3O4. The SMILES string of the molecule is NC(=O)CCC(NC(=O)C1CC2CCCCC2N1)C(=O)O. The number of primary amides is 1. The number of hydrogen-bond acceptors (Lipinski definition) is 4. The van der Waals surface area contributed by atoms with Crippen molar-refractivity contribution in [3.63, 3.8) is 0 Å². The molecule has 0 aromatic heterocycles. The highest BCUT2D eigenvalue weighted by Gasteiger charge is 2.39. The summed E-state index contributed by atoms with van der Waals surface area (Å²) in [6.45, 7) is 0. The van der Waals surface area contributed by atoms with Gasteiger partial charge in [-0.05, 0) is 31.6 Å². The van der Waals surface area contributed by atoms with Crippen LogP contribution in [0.2, 0.25) is 0 Å². The lowest BCUT2D eigenvalue weighted by atomic mass is 9.85. The number of carbonyl (C=O) groups excluding carboxylic acids is 2. The molecule has 7 nitrogen and oxygen atoms in total. The quantitative estimate of drug-likeness (QED) is 0.538. The predicted molar refractivity (Wildman–Crippen MR) is 75.3 cm³/mol. The van der Waals surface area contributed by atoms with Crippen molar-refractivity contribution in [3.8, 4) is 0 Å². The van der Waals surface area contributed by atoms with Gasteiger partial charge in [0, 0.05) is 12.5 Å². The first-order valence-electron chi connectivity index (χ1n) is 7.55. The minimum absolute atomic E-state index is 0.0238. The molecule has 4 unspecified atom stereocenters. The summed E-state index contributed by atoms with van der Waals surface area (Å²) in [6, 6.07) is -1.01. The molecule has 1 aliphatic carbocycles. The van der Waals surface area contributed by atoms with Crippen molar-refractivity contribution in [2.75, 3.05) is 0 Å². The summed E-state index contributed by atoms with van der Waals surface area (Å²) in [5.41, 5.74) is 5.02. The number of nitrogens with two attached hydrogens (primary N) is 1. The third-order valence-electron chi connectivity index (χ3n) is 4.47. The van der Waals surface area contributed by atoms with Gasteiger partial charge in [-0.2, -0.15) is 0 Å². The Morgan fingerprint density at radius 2 is 2.00 bits per heavy atom. The summed E-state index contributed by atoms with van der Waals surface area (Å²) in [5.74, 6) is -1.48. The number of carboxylic acids is 1. The second-order valence-electron chi connectivity index (χ2n) is 6.01. The highest BCUT2D eigenvalue weighted by atomic mass is 16.4. The number of nitrogens with one attached hydrogen (secondary N) is 2. The van der Waals surface area contributed by atoms with Crippen molar-refractivity contribution in [2.45, 2.75) is 63.1 Å². The molecule has 0 aromatic carbocycles. The maximum absolute atomic E-state index is 12.2. The van der Waals surface area contributed by atoms with Gasteiger partial charge in [-0.25, -0.2) is 4.79 Å². The monoisotopic (exact) mass is 297 g/mol. The van der Waals surface area contributed by atoms with Crippen molar-refractivity contribution in [3.05, 3.63) is 0 Å². The minimum Gasteiger partial charge on any atom is -0.480 e. The zero-order valence-electron chi connectivity index (χ0n) is 12.0. The van der Waals surface area contributed by atoms with Crippen molar-refractivity contribution in [2.24, 2.45) is 11.7 Å². The fraction of sp³-hybridized carbons (Fsp3) is 0.786. The van der Waals surface area contributed by atoms with E-state index in [1.54, 1.807) is 0 Å². The van der Waals surface area contributed by atoms with Gasteiger partial charge in [0.15, 0.2) is 0 Å². The molecule has 0 bridgehead atoms. The lowest BCUT2D eigenvalue weighted by Gasteiger charge is -2.24. The van der Waals surface area contributed by atoms with Crippen molar-refractivity contribution in [1.82, 2.24) is 10.6 Å². The maximum atomic E-state index is 12.2. The predicted octanol–water partition coefficient (Wildman–Crippen LogP) is -0.258. The molecule has 118 valence electrons. The molecule has 2 aliphatic rings. The Bertz CT molecular complexity index is 412. The van der Waals surface area contributed by atoms with Crippen LogP contribution in [0.25, 0.3) is 0 Å². The van der Waals surface area contributed by atoms with Crippen LogP contribution in [-0.4, -0.2) is 41.0 Å². The Morgan fingerprint density at radius 1 is 1.29 bits per heavy atom. The van der Waals surface area contributed by atoms with Crippen LogP contribution in [0, 0.1) is 5.92 Å². The number of rotatable bonds is 6. The van der Waals surface area contributed by atoms with Crippen LogP contribution in [0.3, 0.4) is 0 Å². The molecule has 1 aliphatic heterocycles. The molecule has 1 heterocycles. The van der Waals surface area contributed by atoms with Crippen LogP contribution in [0.15, 0.2) is 0 Å². The molecule has 0 spiro atoms. The zero-order valence-corrected chi connectivity index (χ0v) is 12.0. The third kappa shape index (κ3) is 4.17.